The predicted octanol–water partition coefficient (Wildman–Crippen LogP) is 2.82. The molecule has 0 aliphatic carbocycles. The largest absolute Gasteiger partial charge is 0.454 e. The third-order valence-corrected chi connectivity index (χ3v) is 3.91. The lowest BCUT2D eigenvalue weighted by Crippen LogP contribution is -2.40. The number of fused-ring (bicyclic) bond motifs is 1. The first-order valence-corrected chi connectivity index (χ1v) is 8.20. The Morgan fingerprint density at radius 2 is 1.73 bits per heavy atom. The molecule has 2 aromatic rings. The molecule has 0 saturated heterocycles. The van der Waals surface area contributed by atoms with Crippen LogP contribution in [0.2, 0.25) is 0 Å². The minimum Gasteiger partial charge on any atom is -0.454 e. The highest BCUT2D eigenvalue weighted by atomic mass is 16.7. The molecule has 0 unspecified atom stereocenters. The summed E-state index contributed by atoms with van der Waals surface area (Å²) in [6.45, 7) is 4.23. The zero-order valence-corrected chi connectivity index (χ0v) is 15.0. The van der Waals surface area contributed by atoms with Crippen LogP contribution in [0.3, 0.4) is 0 Å². The van der Waals surface area contributed by atoms with Gasteiger partial charge in [0, 0.05) is 24.5 Å². The van der Waals surface area contributed by atoms with Crippen molar-refractivity contribution in [2.45, 2.75) is 13.8 Å². The molecule has 1 aliphatic heterocycles. The maximum Gasteiger partial charge on any atom is 0.325 e. The van der Waals surface area contributed by atoms with Gasteiger partial charge in [-0.1, -0.05) is 6.07 Å². The molecule has 0 saturated carbocycles. The first-order chi connectivity index (χ1) is 12.4. The van der Waals surface area contributed by atoms with Crippen molar-refractivity contribution in [2.75, 3.05) is 30.6 Å². The molecule has 0 spiro atoms. The Labute approximate surface area is 151 Å². The molecule has 0 aromatic heterocycles. The van der Waals surface area contributed by atoms with Crippen LogP contribution in [-0.4, -0.2) is 32.3 Å². The summed E-state index contributed by atoms with van der Waals surface area (Å²) in [6, 6.07) is 10.5. The van der Waals surface area contributed by atoms with E-state index in [0.29, 0.717) is 17.2 Å². The average Bonchev–Trinajstić information content (AvgIpc) is 3.01. The number of carbonyl (C=O) groups excluding carboxylic acids is 2. The summed E-state index contributed by atoms with van der Waals surface area (Å²) >= 11 is 0. The molecule has 1 heterocycles. The van der Waals surface area contributed by atoms with Crippen LogP contribution >= 0.6 is 0 Å². The van der Waals surface area contributed by atoms with Crippen molar-refractivity contribution >= 4 is 23.3 Å². The third-order valence-electron chi connectivity index (χ3n) is 3.91. The zero-order chi connectivity index (χ0) is 18.7. The number of rotatable bonds is 4. The van der Waals surface area contributed by atoms with E-state index >= 15 is 0 Å². The first kappa shape index (κ1) is 17.6. The number of likely N-dealkylation sites (N-methyl/N-ethyl adjacent to an activating group) is 1. The minimum atomic E-state index is -0.595. The van der Waals surface area contributed by atoms with Gasteiger partial charge in [-0.05, 0) is 49.2 Å². The van der Waals surface area contributed by atoms with E-state index in [4.69, 9.17) is 9.47 Å². The lowest BCUT2D eigenvalue weighted by Gasteiger charge is -2.19. The van der Waals surface area contributed by atoms with E-state index < -0.39 is 11.9 Å². The number of nitrogens with one attached hydrogen (secondary N) is 2. The number of aryl methyl sites for hydroxylation is 2. The number of ether oxygens (including phenoxy) is 2. The van der Waals surface area contributed by atoms with Crippen molar-refractivity contribution in [3.8, 4) is 11.5 Å². The summed E-state index contributed by atoms with van der Waals surface area (Å²) in [5, 5.41) is 4.93. The van der Waals surface area contributed by atoms with E-state index in [1.165, 1.54) is 0 Å². The maximum atomic E-state index is 12.1. The first-order valence-electron chi connectivity index (χ1n) is 8.20. The highest BCUT2D eigenvalue weighted by molar-refractivity contribution is 6.02. The summed E-state index contributed by atoms with van der Waals surface area (Å²) < 4.78 is 10.5. The number of urea groups is 1. The molecule has 3 amide bonds. The van der Waals surface area contributed by atoms with Crippen LogP contribution < -0.4 is 25.0 Å². The summed E-state index contributed by atoms with van der Waals surface area (Å²) in [6.07, 6.45) is 0. The normalized spacial score (nSPS) is 11.8. The summed E-state index contributed by atoms with van der Waals surface area (Å²) in [7, 11) is 1.81. The second-order valence-electron chi connectivity index (χ2n) is 6.27. The van der Waals surface area contributed by atoms with Crippen molar-refractivity contribution in [3.05, 3.63) is 47.5 Å². The van der Waals surface area contributed by atoms with Crippen LogP contribution in [0.1, 0.15) is 11.1 Å². The number of nitrogens with zero attached hydrogens (tertiary/aromatic N) is 1. The molecule has 0 atom stereocenters. The number of benzene rings is 2. The van der Waals surface area contributed by atoms with E-state index in [9.17, 15) is 9.59 Å². The average molecular weight is 355 g/mol. The molecule has 7 nitrogen and oxygen atoms in total. The molecule has 7 heteroatoms. The van der Waals surface area contributed by atoms with Gasteiger partial charge in [0.05, 0.1) is 6.54 Å². The van der Waals surface area contributed by atoms with Crippen LogP contribution in [0, 0.1) is 13.8 Å². The lowest BCUT2D eigenvalue weighted by atomic mass is 10.1. The van der Waals surface area contributed by atoms with Crippen molar-refractivity contribution in [2.24, 2.45) is 0 Å². The Morgan fingerprint density at radius 3 is 2.46 bits per heavy atom. The quantitative estimate of drug-likeness (QED) is 0.882. The number of hydrogen-bond donors (Lipinski definition) is 2. The van der Waals surface area contributed by atoms with Gasteiger partial charge in [0.2, 0.25) is 12.7 Å². The molecular weight excluding hydrogens is 334 g/mol. The van der Waals surface area contributed by atoms with Gasteiger partial charge in [-0.2, -0.15) is 0 Å². The van der Waals surface area contributed by atoms with Gasteiger partial charge in [-0.3, -0.25) is 10.1 Å². The summed E-state index contributed by atoms with van der Waals surface area (Å²) in [5.41, 5.74) is 3.68. The van der Waals surface area contributed by atoms with Crippen LogP contribution in [-0.2, 0) is 4.79 Å². The topological polar surface area (TPSA) is 79.9 Å². The van der Waals surface area contributed by atoms with Gasteiger partial charge in [-0.15, -0.1) is 0 Å². The van der Waals surface area contributed by atoms with E-state index in [2.05, 4.69) is 16.7 Å². The molecule has 0 bridgehead atoms. The molecule has 3 rings (SSSR count). The van der Waals surface area contributed by atoms with Crippen LogP contribution in [0.5, 0.6) is 11.5 Å². The number of imide groups is 1. The summed E-state index contributed by atoms with van der Waals surface area (Å²) in [4.78, 5) is 25.9. The molecule has 2 aromatic carbocycles. The smallest absolute Gasteiger partial charge is 0.325 e. The van der Waals surface area contributed by atoms with Gasteiger partial charge < -0.3 is 19.7 Å². The van der Waals surface area contributed by atoms with Gasteiger partial charge >= 0.3 is 6.03 Å². The van der Waals surface area contributed by atoms with E-state index in [1.54, 1.807) is 23.1 Å². The van der Waals surface area contributed by atoms with Crippen molar-refractivity contribution in [1.29, 1.82) is 0 Å². The zero-order valence-electron chi connectivity index (χ0n) is 15.0. The van der Waals surface area contributed by atoms with E-state index in [0.717, 1.165) is 16.8 Å². The Bertz CT molecular complexity index is 830. The van der Waals surface area contributed by atoms with Crippen molar-refractivity contribution in [3.63, 3.8) is 0 Å². The van der Waals surface area contributed by atoms with Crippen LogP contribution in [0.25, 0.3) is 0 Å². The fourth-order valence-electron chi connectivity index (χ4n) is 2.78. The minimum absolute atomic E-state index is 0.0669. The fourth-order valence-corrected chi connectivity index (χ4v) is 2.78. The second kappa shape index (κ2) is 7.35. The molecule has 1 aliphatic rings. The molecular formula is C19H21N3O4. The molecule has 2 N–H and O–H groups in total. The Hall–Kier alpha value is -3.22. The Balaban J connectivity index is 1.54. The molecule has 26 heavy (non-hydrogen) atoms. The van der Waals surface area contributed by atoms with Crippen molar-refractivity contribution < 1.29 is 19.1 Å². The number of anilines is 2. The summed E-state index contributed by atoms with van der Waals surface area (Å²) in [5.74, 6) is 0.788. The SMILES string of the molecule is Cc1cc(C)cc(N(C)CC(=O)NC(=O)Nc2ccc3c(c2)OCO3)c1. The van der Waals surface area contributed by atoms with Gasteiger partial charge in [0.25, 0.3) is 0 Å². The number of amides is 3. The predicted molar refractivity (Wildman–Crippen MR) is 98.9 cm³/mol. The van der Waals surface area contributed by atoms with Gasteiger partial charge in [0.15, 0.2) is 11.5 Å². The number of carbonyl (C=O) groups is 2. The van der Waals surface area contributed by atoms with Gasteiger partial charge in [0.1, 0.15) is 0 Å². The molecule has 0 radical (unpaired) electrons. The monoisotopic (exact) mass is 355 g/mol. The Morgan fingerprint density at radius 1 is 1.04 bits per heavy atom. The second-order valence-corrected chi connectivity index (χ2v) is 6.27. The standard InChI is InChI=1S/C19H21N3O4/c1-12-6-13(2)8-15(7-12)22(3)10-18(23)21-19(24)20-14-4-5-16-17(9-14)26-11-25-16/h4-9H,10-11H2,1-3H3,(H2,20,21,23,24). The highest BCUT2D eigenvalue weighted by Crippen LogP contribution is 2.34. The molecule has 0 fully saturated rings. The third kappa shape index (κ3) is 4.24. The van der Waals surface area contributed by atoms with E-state index in [1.807, 2.05) is 33.0 Å². The van der Waals surface area contributed by atoms with Gasteiger partial charge in [-0.25, -0.2) is 4.79 Å². The lowest BCUT2D eigenvalue weighted by molar-refractivity contribution is -0.118. The van der Waals surface area contributed by atoms with Crippen LogP contribution in [0.4, 0.5) is 16.2 Å². The van der Waals surface area contributed by atoms with Crippen molar-refractivity contribution in [1.82, 2.24) is 5.32 Å². The fraction of sp³-hybridized carbons (Fsp3) is 0.263. The van der Waals surface area contributed by atoms with E-state index in [-0.39, 0.29) is 13.3 Å². The highest BCUT2D eigenvalue weighted by Gasteiger charge is 2.15. The maximum absolute atomic E-state index is 12.1. The Kier molecular flexibility index (Phi) is 4.97. The number of hydrogen-bond acceptors (Lipinski definition) is 5. The molecule has 136 valence electrons. The van der Waals surface area contributed by atoms with Crippen LogP contribution in [0.15, 0.2) is 36.4 Å².